The molecule has 140 valence electrons. The molecule has 0 fully saturated rings. The van der Waals surface area contributed by atoms with Crippen LogP contribution in [0.5, 0.6) is 0 Å². The minimum Gasteiger partial charge on any atom is -0.395 e. The summed E-state index contributed by atoms with van der Waals surface area (Å²) in [5.41, 5.74) is 1.19. The number of unbranched alkanes of at least 4 members (excludes halogenated alkanes) is 2. The second-order valence-electron chi connectivity index (χ2n) is 7.18. The lowest BCUT2D eigenvalue weighted by molar-refractivity contribution is -0.128. The maximum Gasteiger partial charge on any atom is 0.153 e. The molecule has 0 aromatic heterocycles. The van der Waals surface area contributed by atoms with E-state index in [0.29, 0.717) is 6.42 Å². The molecule has 2 aromatic rings. The van der Waals surface area contributed by atoms with Crippen LogP contribution in [-0.2, 0) is 10.2 Å². The van der Waals surface area contributed by atoms with Crippen LogP contribution in [0.25, 0.3) is 0 Å². The number of carbonyl (C=O) groups excluding carboxylic acids is 1. The summed E-state index contributed by atoms with van der Waals surface area (Å²) in [5.74, 6) is -0.000313. The monoisotopic (exact) mass is 352 g/mol. The molecule has 2 rings (SSSR count). The summed E-state index contributed by atoms with van der Waals surface area (Å²) in [4.78, 5) is 13.8. The predicted octanol–water partition coefficient (Wildman–Crippen LogP) is 5.65. The number of Topliss-reactive ketones (excluding diaryl/α,β-unsaturated/α-hetero) is 1. The Hall–Kier alpha value is -1.93. The first-order valence-electron chi connectivity index (χ1n) is 9.95. The van der Waals surface area contributed by atoms with Crippen molar-refractivity contribution in [1.29, 1.82) is 0 Å². The van der Waals surface area contributed by atoms with E-state index in [4.69, 9.17) is 0 Å². The van der Waals surface area contributed by atoms with Crippen molar-refractivity contribution < 1.29 is 9.90 Å². The molecule has 0 heterocycles. The molecule has 0 spiro atoms. The third kappa shape index (κ3) is 4.62. The van der Waals surface area contributed by atoms with E-state index in [1.54, 1.807) is 0 Å². The Morgan fingerprint density at radius 1 is 0.923 bits per heavy atom. The van der Waals surface area contributed by atoms with E-state index < -0.39 is 5.41 Å². The van der Waals surface area contributed by atoms with Gasteiger partial charge in [-0.3, -0.25) is 4.79 Å². The van der Waals surface area contributed by atoms with Gasteiger partial charge in [0.25, 0.3) is 0 Å². The average Bonchev–Trinajstić information content (AvgIpc) is 2.71. The van der Waals surface area contributed by atoms with Gasteiger partial charge in [-0.1, -0.05) is 100 Å². The van der Waals surface area contributed by atoms with Gasteiger partial charge in [-0.25, -0.2) is 0 Å². The van der Waals surface area contributed by atoms with E-state index in [0.717, 1.165) is 43.2 Å². The van der Waals surface area contributed by atoms with Crippen molar-refractivity contribution in [3.05, 3.63) is 71.8 Å². The fourth-order valence-electron chi connectivity index (χ4n) is 3.77. The number of ketones is 1. The van der Waals surface area contributed by atoms with Crippen molar-refractivity contribution in [2.45, 2.75) is 63.7 Å². The maximum atomic E-state index is 13.8. The van der Waals surface area contributed by atoms with Crippen LogP contribution in [0.2, 0.25) is 0 Å². The van der Waals surface area contributed by atoms with Gasteiger partial charge in [0.05, 0.1) is 12.0 Å². The quantitative estimate of drug-likeness (QED) is 0.567. The molecule has 0 radical (unpaired) electrons. The number of carbonyl (C=O) groups is 1. The van der Waals surface area contributed by atoms with Gasteiger partial charge in [0.15, 0.2) is 5.78 Å². The zero-order valence-electron chi connectivity index (χ0n) is 16.2. The van der Waals surface area contributed by atoms with Crippen LogP contribution < -0.4 is 0 Å². The minimum absolute atomic E-state index is 0.134. The molecule has 2 atom stereocenters. The minimum atomic E-state index is -0.814. The molecule has 0 bridgehead atoms. The SMILES string of the molecule is CCCC[C@@H](C(=O)[C@](CO)(CCCC)c1ccccc1)c1ccccc1. The summed E-state index contributed by atoms with van der Waals surface area (Å²) in [7, 11) is 0. The zero-order valence-corrected chi connectivity index (χ0v) is 16.2. The number of aliphatic hydroxyl groups is 1. The Bertz CT molecular complexity index is 650. The van der Waals surface area contributed by atoms with Crippen molar-refractivity contribution in [2.75, 3.05) is 6.61 Å². The van der Waals surface area contributed by atoms with E-state index in [1.807, 2.05) is 60.7 Å². The fourth-order valence-corrected chi connectivity index (χ4v) is 3.77. The van der Waals surface area contributed by atoms with Crippen LogP contribution in [0.15, 0.2) is 60.7 Å². The van der Waals surface area contributed by atoms with E-state index in [1.165, 1.54) is 0 Å². The Morgan fingerprint density at radius 3 is 2.04 bits per heavy atom. The van der Waals surface area contributed by atoms with E-state index in [-0.39, 0.29) is 18.3 Å². The normalized spacial score (nSPS) is 14.6. The molecule has 0 saturated carbocycles. The zero-order chi connectivity index (χ0) is 18.8. The molecular weight excluding hydrogens is 320 g/mol. The molecule has 0 aliphatic heterocycles. The van der Waals surface area contributed by atoms with Crippen LogP contribution in [0.3, 0.4) is 0 Å². The van der Waals surface area contributed by atoms with Gasteiger partial charge in [-0.2, -0.15) is 0 Å². The highest BCUT2D eigenvalue weighted by molar-refractivity contribution is 5.95. The van der Waals surface area contributed by atoms with Crippen molar-refractivity contribution in [2.24, 2.45) is 0 Å². The second-order valence-corrected chi connectivity index (χ2v) is 7.18. The highest BCUT2D eigenvalue weighted by Gasteiger charge is 2.42. The first kappa shape index (κ1) is 20.4. The van der Waals surface area contributed by atoms with Crippen LogP contribution in [0, 0.1) is 0 Å². The van der Waals surface area contributed by atoms with Crippen LogP contribution in [0.4, 0.5) is 0 Å². The lowest BCUT2D eigenvalue weighted by Gasteiger charge is -2.35. The molecule has 0 amide bonds. The third-order valence-electron chi connectivity index (χ3n) is 5.39. The first-order chi connectivity index (χ1) is 12.7. The molecule has 26 heavy (non-hydrogen) atoms. The van der Waals surface area contributed by atoms with Gasteiger partial charge in [-0.05, 0) is 24.0 Å². The molecule has 0 saturated heterocycles. The number of rotatable bonds is 11. The summed E-state index contributed by atoms with van der Waals surface area (Å²) in [6, 6.07) is 19.9. The molecule has 0 unspecified atom stereocenters. The molecular formula is C24H32O2. The summed E-state index contributed by atoms with van der Waals surface area (Å²) >= 11 is 0. The Kier molecular flexibility index (Phi) is 8.06. The average molecular weight is 353 g/mol. The predicted molar refractivity (Wildman–Crippen MR) is 108 cm³/mol. The van der Waals surface area contributed by atoms with Gasteiger partial charge in [0, 0.05) is 5.92 Å². The number of aliphatic hydroxyl groups excluding tert-OH is 1. The van der Waals surface area contributed by atoms with Gasteiger partial charge in [0.1, 0.15) is 0 Å². The van der Waals surface area contributed by atoms with E-state index in [9.17, 15) is 9.90 Å². The van der Waals surface area contributed by atoms with Crippen molar-refractivity contribution in [3.63, 3.8) is 0 Å². The summed E-state index contributed by atoms with van der Waals surface area (Å²) in [6.45, 7) is 4.15. The highest BCUT2D eigenvalue weighted by atomic mass is 16.3. The second kappa shape index (κ2) is 10.3. The van der Waals surface area contributed by atoms with Crippen LogP contribution in [0.1, 0.15) is 69.4 Å². The lowest BCUT2D eigenvalue weighted by Crippen LogP contribution is -2.43. The van der Waals surface area contributed by atoms with Crippen molar-refractivity contribution in [1.82, 2.24) is 0 Å². The number of benzene rings is 2. The molecule has 2 aromatic carbocycles. The van der Waals surface area contributed by atoms with Crippen molar-refractivity contribution >= 4 is 5.78 Å². The maximum absolute atomic E-state index is 13.8. The highest BCUT2D eigenvalue weighted by Crippen LogP contribution is 2.38. The fraction of sp³-hybridized carbons (Fsp3) is 0.458. The van der Waals surface area contributed by atoms with Crippen LogP contribution in [-0.4, -0.2) is 17.5 Å². The topological polar surface area (TPSA) is 37.3 Å². The van der Waals surface area contributed by atoms with E-state index in [2.05, 4.69) is 13.8 Å². The van der Waals surface area contributed by atoms with E-state index >= 15 is 0 Å². The molecule has 0 aliphatic rings. The van der Waals surface area contributed by atoms with Gasteiger partial charge in [-0.15, -0.1) is 0 Å². The Balaban J connectivity index is 2.47. The summed E-state index contributed by atoms with van der Waals surface area (Å²) in [6.07, 6.45) is 5.53. The molecule has 0 aliphatic carbocycles. The van der Waals surface area contributed by atoms with Gasteiger partial charge < -0.3 is 5.11 Å². The molecule has 2 heteroatoms. The van der Waals surface area contributed by atoms with Crippen LogP contribution >= 0.6 is 0 Å². The van der Waals surface area contributed by atoms with Gasteiger partial charge in [0.2, 0.25) is 0 Å². The largest absolute Gasteiger partial charge is 0.395 e. The first-order valence-corrected chi connectivity index (χ1v) is 9.95. The summed E-state index contributed by atoms with van der Waals surface area (Å²) in [5, 5.41) is 10.4. The van der Waals surface area contributed by atoms with Crippen molar-refractivity contribution in [3.8, 4) is 0 Å². The Labute approximate surface area is 158 Å². The summed E-state index contributed by atoms with van der Waals surface area (Å²) < 4.78 is 0. The molecule has 1 N–H and O–H groups in total. The molecule has 2 nitrogen and oxygen atoms in total. The van der Waals surface area contributed by atoms with Gasteiger partial charge >= 0.3 is 0 Å². The lowest BCUT2D eigenvalue weighted by atomic mass is 9.68. The number of hydrogen-bond donors (Lipinski definition) is 1. The standard InChI is InChI=1S/C24H32O2/c1-3-5-17-22(20-13-9-7-10-14-20)23(26)24(19-25,18-6-4-2)21-15-11-8-12-16-21/h7-16,22,25H,3-6,17-19H2,1-2H3/t22-,24+/m1/s1. The smallest absolute Gasteiger partial charge is 0.153 e. The third-order valence-corrected chi connectivity index (χ3v) is 5.39. The number of hydrogen-bond acceptors (Lipinski definition) is 2. The Morgan fingerprint density at radius 2 is 1.50 bits per heavy atom.